The summed E-state index contributed by atoms with van der Waals surface area (Å²) >= 11 is 0. The molecule has 0 heterocycles. The zero-order valence-corrected chi connectivity index (χ0v) is 17.7. The van der Waals surface area contributed by atoms with Gasteiger partial charge in [-0.3, -0.25) is 4.52 Å². The molecule has 0 saturated heterocycles. The molecular weight excluding hydrogens is 359 g/mol. The van der Waals surface area contributed by atoms with E-state index in [1.165, 1.54) is 0 Å². The maximum Gasteiger partial charge on any atom is 0.587 e. The SMILES string of the molecule is CCCCCC(CC)OP(=O)(Oc1ccc(C)cc1)Oc1ccc(C)cc1. The second-order valence-corrected chi connectivity index (χ2v) is 8.36. The van der Waals surface area contributed by atoms with Gasteiger partial charge in [-0.2, -0.15) is 0 Å². The molecule has 0 aliphatic heterocycles. The van der Waals surface area contributed by atoms with E-state index in [0.29, 0.717) is 11.5 Å². The molecule has 0 fully saturated rings. The Labute approximate surface area is 163 Å². The Kier molecular flexibility index (Phi) is 8.40. The third-order valence-electron chi connectivity index (χ3n) is 4.34. The summed E-state index contributed by atoms with van der Waals surface area (Å²) in [7, 11) is -3.81. The van der Waals surface area contributed by atoms with Crippen LogP contribution in [0.1, 0.15) is 57.1 Å². The summed E-state index contributed by atoms with van der Waals surface area (Å²) in [6, 6.07) is 14.7. The van der Waals surface area contributed by atoms with Crippen LogP contribution in [0.3, 0.4) is 0 Å². The van der Waals surface area contributed by atoms with Crippen LogP contribution in [0.5, 0.6) is 11.5 Å². The van der Waals surface area contributed by atoms with E-state index in [4.69, 9.17) is 13.6 Å². The first kappa shape index (κ1) is 21.5. The van der Waals surface area contributed by atoms with Crippen molar-refractivity contribution < 1.29 is 18.1 Å². The third kappa shape index (κ3) is 7.40. The molecule has 0 saturated carbocycles. The lowest BCUT2D eigenvalue weighted by Crippen LogP contribution is -2.15. The molecule has 0 radical (unpaired) electrons. The molecule has 0 aliphatic carbocycles. The Hall–Kier alpha value is -1.77. The first-order valence-electron chi connectivity index (χ1n) is 9.75. The van der Waals surface area contributed by atoms with Crippen LogP contribution >= 0.6 is 7.82 Å². The van der Waals surface area contributed by atoms with E-state index in [-0.39, 0.29) is 6.10 Å². The van der Waals surface area contributed by atoms with Gasteiger partial charge in [0, 0.05) is 0 Å². The molecule has 0 spiro atoms. The number of phosphoric ester groups is 1. The Morgan fingerprint density at radius 2 is 1.30 bits per heavy atom. The van der Waals surface area contributed by atoms with Crippen molar-refractivity contribution in [2.45, 2.75) is 65.9 Å². The summed E-state index contributed by atoms with van der Waals surface area (Å²) in [5.74, 6) is 0.943. The summed E-state index contributed by atoms with van der Waals surface area (Å²) < 4.78 is 30.9. The van der Waals surface area contributed by atoms with Gasteiger partial charge in [-0.25, -0.2) is 4.57 Å². The molecule has 0 aliphatic rings. The molecule has 27 heavy (non-hydrogen) atoms. The van der Waals surface area contributed by atoms with Crippen LogP contribution in [0.4, 0.5) is 0 Å². The molecule has 2 rings (SSSR count). The highest BCUT2D eigenvalue weighted by atomic mass is 31.2. The van der Waals surface area contributed by atoms with Gasteiger partial charge in [0.25, 0.3) is 0 Å². The second-order valence-electron chi connectivity index (χ2n) is 6.89. The van der Waals surface area contributed by atoms with E-state index in [0.717, 1.165) is 43.2 Å². The minimum Gasteiger partial charge on any atom is -0.395 e. The maximum absolute atomic E-state index is 13.5. The van der Waals surface area contributed by atoms with E-state index in [1.807, 2.05) is 45.0 Å². The standard InChI is InChI=1S/C22H31O4P/c1-5-7-8-9-20(6-2)24-27(23,25-21-14-10-18(3)11-15-21)26-22-16-12-19(4)13-17-22/h10-17,20H,5-9H2,1-4H3. The molecule has 4 nitrogen and oxygen atoms in total. The van der Waals surface area contributed by atoms with Crippen molar-refractivity contribution in [2.75, 3.05) is 0 Å². The van der Waals surface area contributed by atoms with Gasteiger partial charge in [-0.15, -0.1) is 0 Å². The summed E-state index contributed by atoms with van der Waals surface area (Å²) in [6.45, 7) is 8.17. The maximum atomic E-state index is 13.5. The predicted molar refractivity (Wildman–Crippen MR) is 111 cm³/mol. The van der Waals surface area contributed by atoms with Gasteiger partial charge < -0.3 is 9.05 Å². The number of aryl methyl sites for hydroxylation is 2. The molecule has 2 aromatic carbocycles. The highest BCUT2D eigenvalue weighted by molar-refractivity contribution is 7.49. The first-order valence-corrected chi connectivity index (χ1v) is 11.2. The third-order valence-corrected chi connectivity index (χ3v) is 5.76. The highest BCUT2D eigenvalue weighted by Crippen LogP contribution is 2.51. The van der Waals surface area contributed by atoms with Crippen LogP contribution in [-0.2, 0) is 9.09 Å². The summed E-state index contributed by atoms with van der Waals surface area (Å²) in [5, 5.41) is 0. The summed E-state index contributed by atoms with van der Waals surface area (Å²) in [6.07, 6.45) is 4.71. The fourth-order valence-electron chi connectivity index (χ4n) is 2.65. The van der Waals surface area contributed by atoms with Gasteiger partial charge in [-0.1, -0.05) is 68.5 Å². The van der Waals surface area contributed by atoms with Gasteiger partial charge in [-0.05, 0) is 51.0 Å². The van der Waals surface area contributed by atoms with Crippen molar-refractivity contribution in [1.29, 1.82) is 0 Å². The van der Waals surface area contributed by atoms with E-state index in [1.54, 1.807) is 24.3 Å². The van der Waals surface area contributed by atoms with Crippen LogP contribution in [0.2, 0.25) is 0 Å². The Morgan fingerprint density at radius 3 is 1.70 bits per heavy atom. The van der Waals surface area contributed by atoms with Crippen molar-refractivity contribution >= 4 is 7.82 Å². The van der Waals surface area contributed by atoms with Gasteiger partial charge in [0.2, 0.25) is 0 Å². The van der Waals surface area contributed by atoms with Gasteiger partial charge in [0.1, 0.15) is 11.5 Å². The second kappa shape index (κ2) is 10.5. The summed E-state index contributed by atoms with van der Waals surface area (Å²) in [5.41, 5.74) is 2.20. The van der Waals surface area contributed by atoms with Gasteiger partial charge in [0.15, 0.2) is 0 Å². The van der Waals surface area contributed by atoms with Crippen LogP contribution in [0, 0.1) is 13.8 Å². The Balaban J connectivity index is 2.18. The van der Waals surface area contributed by atoms with Crippen molar-refractivity contribution in [3.8, 4) is 11.5 Å². The molecule has 0 N–H and O–H groups in total. The lowest BCUT2D eigenvalue weighted by molar-refractivity contribution is 0.130. The fourth-order valence-corrected chi connectivity index (χ4v) is 4.16. The molecule has 1 unspecified atom stereocenters. The van der Waals surface area contributed by atoms with Crippen molar-refractivity contribution in [2.24, 2.45) is 0 Å². The van der Waals surface area contributed by atoms with E-state index in [9.17, 15) is 4.57 Å². The van der Waals surface area contributed by atoms with Crippen LogP contribution in [0.15, 0.2) is 48.5 Å². The number of benzene rings is 2. The van der Waals surface area contributed by atoms with E-state index >= 15 is 0 Å². The van der Waals surface area contributed by atoms with Crippen LogP contribution < -0.4 is 9.05 Å². The smallest absolute Gasteiger partial charge is 0.395 e. The minimum atomic E-state index is -3.81. The van der Waals surface area contributed by atoms with Crippen molar-refractivity contribution in [3.05, 3.63) is 59.7 Å². The number of hydrogen-bond donors (Lipinski definition) is 0. The molecule has 1 atom stereocenters. The van der Waals surface area contributed by atoms with Gasteiger partial charge >= 0.3 is 7.82 Å². The predicted octanol–water partition coefficient (Wildman–Crippen LogP) is 7.24. The monoisotopic (exact) mass is 390 g/mol. The van der Waals surface area contributed by atoms with Gasteiger partial charge in [0.05, 0.1) is 6.10 Å². The average Bonchev–Trinajstić information content (AvgIpc) is 2.65. The molecule has 5 heteroatoms. The number of hydrogen-bond acceptors (Lipinski definition) is 4. The molecule has 0 bridgehead atoms. The fraction of sp³-hybridized carbons (Fsp3) is 0.455. The molecule has 0 amide bonds. The zero-order valence-electron chi connectivity index (χ0n) is 16.8. The number of rotatable bonds is 11. The zero-order chi connectivity index (χ0) is 19.7. The molecular formula is C22H31O4P. The lowest BCUT2D eigenvalue weighted by atomic mass is 10.1. The summed E-state index contributed by atoms with van der Waals surface area (Å²) in [4.78, 5) is 0. The van der Waals surface area contributed by atoms with Crippen LogP contribution in [-0.4, -0.2) is 6.10 Å². The lowest BCUT2D eigenvalue weighted by Gasteiger charge is -2.24. The number of unbranched alkanes of at least 4 members (excludes halogenated alkanes) is 2. The van der Waals surface area contributed by atoms with Crippen molar-refractivity contribution in [3.63, 3.8) is 0 Å². The van der Waals surface area contributed by atoms with Crippen molar-refractivity contribution in [1.82, 2.24) is 0 Å². The number of phosphoric acid groups is 1. The molecule has 148 valence electrons. The Morgan fingerprint density at radius 1 is 0.815 bits per heavy atom. The largest absolute Gasteiger partial charge is 0.587 e. The van der Waals surface area contributed by atoms with E-state index in [2.05, 4.69) is 6.92 Å². The Bertz CT molecular complexity index is 673. The topological polar surface area (TPSA) is 44.8 Å². The normalized spacial score (nSPS) is 12.6. The minimum absolute atomic E-state index is 0.168. The quantitative estimate of drug-likeness (QED) is 0.299. The average molecular weight is 390 g/mol. The molecule has 2 aromatic rings. The first-order chi connectivity index (χ1) is 12.9. The highest BCUT2D eigenvalue weighted by Gasteiger charge is 2.34. The van der Waals surface area contributed by atoms with E-state index < -0.39 is 7.82 Å². The van der Waals surface area contributed by atoms with Crippen LogP contribution in [0.25, 0.3) is 0 Å². The molecule has 0 aromatic heterocycles.